The number of rotatable bonds is 27. The minimum Gasteiger partial charge on any atom is -0.457 e. The van der Waals surface area contributed by atoms with Crippen molar-refractivity contribution in [2.24, 2.45) is 13.0 Å². The number of imidazole rings is 1. The molecule has 80 heavy (non-hydrogen) atoms. The van der Waals surface area contributed by atoms with Crippen molar-refractivity contribution in [2.45, 2.75) is 109 Å². The molecule has 0 radical (unpaired) electrons. The van der Waals surface area contributed by atoms with Gasteiger partial charge in [-0.3, -0.25) is 28.9 Å². The highest BCUT2D eigenvalue weighted by Crippen LogP contribution is 2.30. The van der Waals surface area contributed by atoms with Crippen molar-refractivity contribution in [3.63, 3.8) is 0 Å². The molecule has 0 aliphatic carbocycles. The smallest absolute Gasteiger partial charge is 0.457 e. The molecule has 1 aliphatic heterocycles. The maximum atomic E-state index is 14.4. The number of nitrogens with one attached hydrogen (secondary N) is 3. The molecule has 0 saturated carbocycles. The van der Waals surface area contributed by atoms with Crippen LogP contribution in [0.1, 0.15) is 74.5 Å². The first-order valence-electron chi connectivity index (χ1n) is 26.7. The molecule has 0 unspecified atom stereocenters. The van der Waals surface area contributed by atoms with Crippen LogP contribution in [0.3, 0.4) is 0 Å². The van der Waals surface area contributed by atoms with Crippen LogP contribution < -0.4 is 20.7 Å². The van der Waals surface area contributed by atoms with Crippen LogP contribution in [0.2, 0.25) is 5.02 Å². The van der Waals surface area contributed by atoms with Gasteiger partial charge >= 0.3 is 18.1 Å². The Balaban J connectivity index is 1.07. The van der Waals surface area contributed by atoms with Gasteiger partial charge in [-0.1, -0.05) is 73.1 Å². The number of likely N-dealkylation sites (N-methyl/N-ethyl adjacent to an activating group) is 2. The Labute approximate surface area is 470 Å². The Morgan fingerprint density at radius 1 is 0.825 bits per heavy atom. The van der Waals surface area contributed by atoms with Crippen molar-refractivity contribution in [1.82, 2.24) is 40.2 Å². The molecule has 3 N–H and O–H groups in total. The lowest BCUT2D eigenvalue weighted by Crippen LogP contribution is -2.56. The van der Waals surface area contributed by atoms with Gasteiger partial charge in [-0.2, -0.15) is 13.2 Å². The number of aryl methyl sites for hydroxylation is 1. The van der Waals surface area contributed by atoms with E-state index in [1.54, 1.807) is 68.4 Å². The summed E-state index contributed by atoms with van der Waals surface area (Å²) in [5, 5.41) is 9.41. The Hall–Kier alpha value is -7.13. The average Bonchev–Trinajstić information content (AvgIpc) is 4.10. The van der Waals surface area contributed by atoms with Crippen molar-refractivity contribution in [3.05, 3.63) is 136 Å². The number of alkyl halides is 3. The lowest BCUT2D eigenvalue weighted by atomic mass is 9.94. The molecule has 4 aromatic carbocycles. The number of aromatic nitrogens is 2. The maximum Gasteiger partial charge on any atom is 0.491 e. The summed E-state index contributed by atoms with van der Waals surface area (Å²) >= 11 is 6.19. The fourth-order valence-corrected chi connectivity index (χ4v) is 9.41. The molecule has 5 aromatic rings. The van der Waals surface area contributed by atoms with E-state index >= 15 is 0 Å². The van der Waals surface area contributed by atoms with E-state index in [4.69, 9.17) is 26.1 Å². The number of methoxy groups -OCH3 is 1. The predicted octanol–water partition coefficient (Wildman–Crippen LogP) is 7.60. The van der Waals surface area contributed by atoms with Crippen LogP contribution in [-0.2, 0) is 77.6 Å². The number of hydrogen-bond donors (Lipinski definition) is 3. The molecule has 0 bridgehead atoms. The molecular formula is C59H72ClF3N8O9. The standard InChI is InChI=1S/C59H72ClF3N8O9/c1-8-40-16-19-44(51(30-40)79-48-24-20-43(21-25-48)50-35-65-52(70(50)6)36-71-26-12-13-27-71)34-64-39(3)55(74)67-49(37-78-7)57(76)69(5)47(29-42-17-22-46(60)23-18-42)32-53(72)66-33-38(2)68(4)56(75)45(28-41-14-10-9-11-15-41)31-54(73)80-58(77)59(61,62)63/h9-11,14-25,30,35,38-39,45,47,49,64H,8,12-13,26-29,31-34,36-37H2,1-7H3,(H,66,72)(H,67,74)/t38-,39-,45+,47-,49-/m0/s1. The summed E-state index contributed by atoms with van der Waals surface area (Å²) < 4.78 is 56.7. The molecule has 5 atom stereocenters. The second-order valence-electron chi connectivity index (χ2n) is 20.2. The predicted molar refractivity (Wildman–Crippen MR) is 296 cm³/mol. The lowest BCUT2D eigenvalue weighted by molar-refractivity contribution is -0.202. The van der Waals surface area contributed by atoms with E-state index in [1.165, 1.54) is 43.8 Å². The number of nitrogens with zero attached hydrogens (tertiary/aromatic N) is 5. The summed E-state index contributed by atoms with van der Waals surface area (Å²) in [7, 11) is 6.39. The van der Waals surface area contributed by atoms with E-state index in [-0.39, 0.29) is 39.0 Å². The third-order valence-corrected chi connectivity index (χ3v) is 14.6. The van der Waals surface area contributed by atoms with Crippen molar-refractivity contribution >= 4 is 47.2 Å². The largest absolute Gasteiger partial charge is 0.491 e. The molecule has 1 aromatic heterocycles. The van der Waals surface area contributed by atoms with Gasteiger partial charge in [0.25, 0.3) is 0 Å². The first-order chi connectivity index (χ1) is 38.1. The number of carbonyl (C=O) groups excluding carboxylic acids is 6. The number of halogens is 4. The fraction of sp³-hybridized carbons (Fsp3) is 0.441. The van der Waals surface area contributed by atoms with Crippen molar-refractivity contribution in [1.29, 1.82) is 0 Å². The second kappa shape index (κ2) is 29.4. The van der Waals surface area contributed by atoms with Gasteiger partial charge in [0.15, 0.2) is 0 Å². The molecule has 6 rings (SSSR count). The van der Waals surface area contributed by atoms with Crippen molar-refractivity contribution in [3.8, 4) is 22.8 Å². The Kier molecular flexibility index (Phi) is 22.8. The fourth-order valence-electron chi connectivity index (χ4n) is 9.28. The molecule has 430 valence electrons. The molecule has 0 spiro atoms. The Bertz CT molecular complexity index is 2880. The van der Waals surface area contributed by atoms with Crippen LogP contribution in [0.25, 0.3) is 11.3 Å². The molecule has 1 fully saturated rings. The zero-order valence-electron chi connectivity index (χ0n) is 46.3. The van der Waals surface area contributed by atoms with Crippen molar-refractivity contribution in [2.75, 3.05) is 47.4 Å². The summed E-state index contributed by atoms with van der Waals surface area (Å²) in [5.74, 6) is -5.27. The van der Waals surface area contributed by atoms with Crippen LogP contribution in [0.5, 0.6) is 11.5 Å². The van der Waals surface area contributed by atoms with E-state index < -0.39 is 78.2 Å². The lowest BCUT2D eigenvalue weighted by Gasteiger charge is -2.32. The minimum atomic E-state index is -5.41. The Morgan fingerprint density at radius 3 is 2.14 bits per heavy atom. The molecule has 2 heterocycles. The average molecular weight is 1130 g/mol. The van der Waals surface area contributed by atoms with Gasteiger partial charge in [0.2, 0.25) is 23.6 Å². The number of esters is 2. The molecular weight excluding hydrogens is 1060 g/mol. The molecule has 17 nitrogen and oxygen atoms in total. The van der Waals surface area contributed by atoms with Gasteiger partial charge in [-0.05, 0) is 118 Å². The van der Waals surface area contributed by atoms with Crippen molar-refractivity contribution < 1.29 is 56.1 Å². The van der Waals surface area contributed by atoms with Gasteiger partial charge in [-0.25, -0.2) is 9.78 Å². The number of amides is 4. The molecule has 21 heteroatoms. The monoisotopic (exact) mass is 1130 g/mol. The highest BCUT2D eigenvalue weighted by Gasteiger charge is 2.43. The number of likely N-dealkylation sites (tertiary alicyclic amines) is 1. The van der Waals surface area contributed by atoms with E-state index in [0.717, 1.165) is 59.8 Å². The third-order valence-electron chi connectivity index (χ3n) is 14.3. The first kappa shape index (κ1) is 62.1. The first-order valence-corrected chi connectivity index (χ1v) is 27.1. The van der Waals surface area contributed by atoms with E-state index in [1.807, 2.05) is 55.7 Å². The molecule has 4 amide bonds. The maximum absolute atomic E-state index is 14.4. The summed E-state index contributed by atoms with van der Waals surface area (Å²) in [6.45, 7) is 8.34. The molecule has 1 saturated heterocycles. The third kappa shape index (κ3) is 17.9. The van der Waals surface area contributed by atoms with E-state index in [9.17, 15) is 41.9 Å². The topological polar surface area (TPSA) is 194 Å². The van der Waals surface area contributed by atoms with Gasteiger partial charge in [0.05, 0.1) is 43.4 Å². The number of benzene rings is 4. The summed E-state index contributed by atoms with van der Waals surface area (Å²) in [4.78, 5) is 89.6. The zero-order valence-corrected chi connectivity index (χ0v) is 47.1. The minimum absolute atomic E-state index is 0.0559. The van der Waals surface area contributed by atoms with Crippen LogP contribution in [0, 0.1) is 5.92 Å². The normalized spacial score (nSPS) is 14.5. The highest BCUT2D eigenvalue weighted by atomic mass is 35.5. The summed E-state index contributed by atoms with van der Waals surface area (Å²) in [6.07, 6.45) is -1.18. The van der Waals surface area contributed by atoms with Gasteiger partial charge in [-0.15, -0.1) is 0 Å². The number of hydrogen-bond acceptors (Lipinski definition) is 12. The number of ether oxygens (including phenoxy) is 3. The van der Waals surface area contributed by atoms with Crippen LogP contribution in [-0.4, -0.2) is 138 Å². The quantitative estimate of drug-likeness (QED) is 0.0345. The zero-order chi connectivity index (χ0) is 58.1. The van der Waals surface area contributed by atoms with Gasteiger partial charge in [0.1, 0.15) is 23.4 Å². The summed E-state index contributed by atoms with van der Waals surface area (Å²) in [6, 6.07) is 25.8. The van der Waals surface area contributed by atoms with Crippen LogP contribution in [0.15, 0.2) is 103 Å². The van der Waals surface area contributed by atoms with E-state index in [0.29, 0.717) is 22.1 Å². The van der Waals surface area contributed by atoms with Crippen LogP contribution in [0.4, 0.5) is 13.2 Å². The SMILES string of the molecule is CCc1ccc(CN[C@@H](C)C(=O)N[C@@H](COC)C(=O)N(C)[C@H](CC(=O)NC[C@H](C)N(C)C(=O)[C@@H](CC(=O)OC(=O)C(F)(F)F)Cc2ccccc2)Cc2ccc(Cl)cc2)c(Oc2ccc(-c3cnc(CN4CCCC4)n3C)cc2)c1. The van der Waals surface area contributed by atoms with E-state index in [2.05, 4.69) is 37.1 Å². The van der Waals surface area contributed by atoms with Gasteiger partial charge < -0.3 is 44.5 Å². The second-order valence-corrected chi connectivity index (χ2v) is 20.7. The highest BCUT2D eigenvalue weighted by molar-refractivity contribution is 6.30. The van der Waals surface area contributed by atoms with Gasteiger partial charge in [0, 0.05) is 76.0 Å². The molecule has 1 aliphatic rings. The van der Waals surface area contributed by atoms with Crippen LogP contribution >= 0.6 is 11.6 Å². The number of carbonyl (C=O) groups is 6. The Morgan fingerprint density at radius 2 is 1.49 bits per heavy atom. The summed E-state index contributed by atoms with van der Waals surface area (Å²) in [5.41, 5.74) is 5.26.